The molecule has 114 valence electrons. The van der Waals surface area contributed by atoms with Gasteiger partial charge in [0.2, 0.25) is 0 Å². The lowest BCUT2D eigenvalue weighted by atomic mass is 10.1. The normalized spacial score (nSPS) is 11.4. The van der Waals surface area contributed by atoms with Gasteiger partial charge in [-0.15, -0.1) is 0 Å². The molecule has 1 unspecified atom stereocenters. The second-order valence-corrected chi connectivity index (χ2v) is 4.74. The van der Waals surface area contributed by atoms with E-state index in [9.17, 15) is 9.18 Å². The molecule has 1 aromatic carbocycles. The van der Waals surface area contributed by atoms with Crippen LogP contribution in [0.25, 0.3) is 0 Å². The first kappa shape index (κ1) is 17.2. The van der Waals surface area contributed by atoms with Crippen LogP contribution in [0, 0.1) is 23.6 Å². The molecule has 1 aromatic rings. The molecule has 2 N–H and O–H groups in total. The van der Waals surface area contributed by atoms with Crippen molar-refractivity contribution in [3.05, 3.63) is 35.1 Å². The number of hydrogen-bond acceptors (Lipinski definition) is 3. The van der Waals surface area contributed by atoms with E-state index in [1.54, 1.807) is 7.11 Å². The molecule has 0 aliphatic heterocycles. The predicted molar refractivity (Wildman–Crippen MR) is 78.4 cm³/mol. The van der Waals surface area contributed by atoms with Crippen LogP contribution in [0.3, 0.4) is 0 Å². The number of hydrogen-bond donors (Lipinski definition) is 2. The monoisotopic (exact) mass is 293 g/mol. The Morgan fingerprint density at radius 1 is 1.52 bits per heavy atom. The standard InChI is InChI=1S/C16H20FNO3/c1-12(11-21-2)10-18-16(20)15-9-14(17)7-6-13(15)5-3-4-8-19/h6-7,9,12,19H,4,8,10-11H2,1-2H3,(H,18,20). The molecule has 0 radical (unpaired) electrons. The molecule has 0 bridgehead atoms. The van der Waals surface area contributed by atoms with Gasteiger partial charge in [-0.05, 0) is 24.1 Å². The summed E-state index contributed by atoms with van der Waals surface area (Å²) in [6.45, 7) is 2.86. The van der Waals surface area contributed by atoms with E-state index in [1.165, 1.54) is 18.2 Å². The maximum absolute atomic E-state index is 13.3. The first-order valence-corrected chi connectivity index (χ1v) is 6.75. The number of benzene rings is 1. The smallest absolute Gasteiger partial charge is 0.252 e. The number of amides is 1. The van der Waals surface area contributed by atoms with E-state index < -0.39 is 5.82 Å². The van der Waals surface area contributed by atoms with Crippen LogP contribution in [0.15, 0.2) is 18.2 Å². The highest BCUT2D eigenvalue weighted by atomic mass is 19.1. The summed E-state index contributed by atoms with van der Waals surface area (Å²) in [5, 5.41) is 11.4. The van der Waals surface area contributed by atoms with Crippen molar-refractivity contribution >= 4 is 5.91 Å². The summed E-state index contributed by atoms with van der Waals surface area (Å²) in [5.74, 6) is 4.81. The second-order valence-electron chi connectivity index (χ2n) is 4.74. The fraction of sp³-hybridized carbons (Fsp3) is 0.438. The Morgan fingerprint density at radius 3 is 2.95 bits per heavy atom. The summed E-state index contributed by atoms with van der Waals surface area (Å²) < 4.78 is 18.3. The lowest BCUT2D eigenvalue weighted by Crippen LogP contribution is -2.30. The Labute approximate surface area is 124 Å². The second kappa shape index (κ2) is 9.11. The Bertz CT molecular complexity index is 534. The number of nitrogens with one attached hydrogen (secondary N) is 1. The fourth-order valence-electron chi connectivity index (χ4n) is 1.73. The summed E-state index contributed by atoms with van der Waals surface area (Å²) in [7, 11) is 1.60. The van der Waals surface area contributed by atoms with Gasteiger partial charge in [-0.25, -0.2) is 4.39 Å². The summed E-state index contributed by atoms with van der Waals surface area (Å²) in [6.07, 6.45) is 0.309. The van der Waals surface area contributed by atoms with Gasteiger partial charge in [-0.2, -0.15) is 0 Å². The molecule has 0 aromatic heterocycles. The number of carbonyl (C=O) groups is 1. The number of rotatable bonds is 6. The van der Waals surface area contributed by atoms with E-state index in [1.807, 2.05) is 6.92 Å². The number of ether oxygens (including phenoxy) is 1. The molecular formula is C16H20FNO3. The van der Waals surface area contributed by atoms with Crippen molar-refractivity contribution < 1.29 is 19.0 Å². The quantitative estimate of drug-likeness (QED) is 0.783. The van der Waals surface area contributed by atoms with Crippen molar-refractivity contribution in [2.45, 2.75) is 13.3 Å². The third-order valence-corrected chi connectivity index (χ3v) is 2.75. The number of aliphatic hydroxyl groups is 1. The minimum absolute atomic E-state index is 0.0513. The van der Waals surface area contributed by atoms with Crippen LogP contribution in [0.5, 0.6) is 0 Å². The molecular weight excluding hydrogens is 273 g/mol. The van der Waals surface area contributed by atoms with E-state index >= 15 is 0 Å². The van der Waals surface area contributed by atoms with Gasteiger partial charge in [0.05, 0.1) is 18.8 Å². The first-order chi connectivity index (χ1) is 10.1. The van der Waals surface area contributed by atoms with Crippen LogP contribution in [0.4, 0.5) is 4.39 Å². The highest BCUT2D eigenvalue weighted by Crippen LogP contribution is 2.11. The molecule has 0 saturated heterocycles. The molecule has 0 aliphatic rings. The highest BCUT2D eigenvalue weighted by molar-refractivity contribution is 5.96. The molecule has 0 aliphatic carbocycles. The van der Waals surface area contributed by atoms with Gasteiger partial charge in [-0.1, -0.05) is 18.8 Å². The van der Waals surface area contributed by atoms with Gasteiger partial charge in [0, 0.05) is 25.6 Å². The summed E-state index contributed by atoms with van der Waals surface area (Å²) in [6, 6.07) is 3.89. The molecule has 5 heteroatoms. The van der Waals surface area contributed by atoms with E-state index in [2.05, 4.69) is 17.2 Å². The van der Waals surface area contributed by atoms with Gasteiger partial charge in [-0.3, -0.25) is 4.79 Å². The van der Waals surface area contributed by atoms with E-state index in [0.717, 1.165) is 0 Å². The fourth-order valence-corrected chi connectivity index (χ4v) is 1.73. The van der Waals surface area contributed by atoms with Gasteiger partial charge in [0.15, 0.2) is 0 Å². The molecule has 0 spiro atoms. The molecule has 0 saturated carbocycles. The molecule has 1 rings (SSSR count). The molecule has 4 nitrogen and oxygen atoms in total. The van der Waals surface area contributed by atoms with Crippen LogP contribution < -0.4 is 5.32 Å². The van der Waals surface area contributed by atoms with Gasteiger partial charge >= 0.3 is 0 Å². The minimum atomic E-state index is -0.488. The predicted octanol–water partition coefficient (Wildman–Crippen LogP) is 1.57. The van der Waals surface area contributed by atoms with Crippen molar-refractivity contribution in [3.63, 3.8) is 0 Å². The summed E-state index contributed by atoms with van der Waals surface area (Å²) >= 11 is 0. The SMILES string of the molecule is COCC(C)CNC(=O)c1cc(F)ccc1C#CCCO. The summed E-state index contributed by atoms with van der Waals surface area (Å²) in [4.78, 5) is 12.1. The largest absolute Gasteiger partial charge is 0.395 e. The topological polar surface area (TPSA) is 58.6 Å². The molecule has 0 heterocycles. The van der Waals surface area contributed by atoms with Crippen LogP contribution >= 0.6 is 0 Å². The maximum atomic E-state index is 13.3. The van der Waals surface area contributed by atoms with Gasteiger partial charge < -0.3 is 15.2 Å². The van der Waals surface area contributed by atoms with Crippen molar-refractivity contribution in [1.29, 1.82) is 0 Å². The van der Waals surface area contributed by atoms with Crippen LogP contribution in [0.1, 0.15) is 29.3 Å². The Kier molecular flexibility index (Phi) is 7.44. The lowest BCUT2D eigenvalue weighted by molar-refractivity contribution is 0.0933. The maximum Gasteiger partial charge on any atom is 0.252 e. The molecule has 0 fully saturated rings. The average molecular weight is 293 g/mol. The van der Waals surface area contributed by atoms with Crippen LogP contribution in [0.2, 0.25) is 0 Å². The zero-order valence-corrected chi connectivity index (χ0v) is 12.3. The van der Waals surface area contributed by atoms with E-state index in [0.29, 0.717) is 25.1 Å². The Balaban J connectivity index is 2.82. The van der Waals surface area contributed by atoms with Crippen molar-refractivity contribution in [3.8, 4) is 11.8 Å². The summed E-state index contributed by atoms with van der Waals surface area (Å²) in [5.41, 5.74) is 0.645. The zero-order valence-electron chi connectivity index (χ0n) is 12.3. The number of halogens is 1. The van der Waals surface area contributed by atoms with Crippen LogP contribution in [-0.4, -0.2) is 37.9 Å². The number of carbonyl (C=O) groups excluding carboxylic acids is 1. The van der Waals surface area contributed by atoms with E-state index in [-0.39, 0.29) is 24.0 Å². The average Bonchev–Trinajstić information content (AvgIpc) is 2.46. The van der Waals surface area contributed by atoms with Crippen molar-refractivity contribution in [2.75, 3.05) is 26.9 Å². The van der Waals surface area contributed by atoms with Gasteiger partial charge in [0.25, 0.3) is 5.91 Å². The molecule has 1 atom stereocenters. The third-order valence-electron chi connectivity index (χ3n) is 2.75. The molecule has 21 heavy (non-hydrogen) atoms. The first-order valence-electron chi connectivity index (χ1n) is 6.75. The van der Waals surface area contributed by atoms with Crippen molar-refractivity contribution in [2.24, 2.45) is 5.92 Å². The lowest BCUT2D eigenvalue weighted by Gasteiger charge is -2.12. The number of methoxy groups -OCH3 is 1. The third kappa shape index (κ3) is 5.94. The highest BCUT2D eigenvalue weighted by Gasteiger charge is 2.12. The zero-order chi connectivity index (χ0) is 15.7. The Morgan fingerprint density at radius 2 is 2.29 bits per heavy atom. The van der Waals surface area contributed by atoms with E-state index in [4.69, 9.17) is 9.84 Å². The minimum Gasteiger partial charge on any atom is -0.395 e. The van der Waals surface area contributed by atoms with Crippen molar-refractivity contribution in [1.82, 2.24) is 5.32 Å². The van der Waals surface area contributed by atoms with Crippen LogP contribution in [-0.2, 0) is 4.74 Å². The Hall–Kier alpha value is -1.90. The van der Waals surface area contributed by atoms with Gasteiger partial charge in [0.1, 0.15) is 5.82 Å². The molecule has 1 amide bonds. The number of aliphatic hydroxyl groups excluding tert-OH is 1.